The van der Waals surface area contributed by atoms with Crippen LogP contribution in [0, 0.1) is 23.1 Å². The van der Waals surface area contributed by atoms with Crippen LogP contribution in [0.5, 0.6) is 0 Å². The standard InChI is InChI=1S/C19H25FN4S.C8H14O2/c1-3-11(2)12-4-5-13(8-12)16-9-18(24-23-16)22-15-6-7-17-14(19(15)20)10-21-25-17;1-6(9)5-8(3,4)7(2)10/h6-7,9,11-13,21H,3-5,8,10H2,1-2H3,(H2,22,23,24);5H2,1-4H3. The highest BCUT2D eigenvalue weighted by molar-refractivity contribution is 7.97. The first-order valence-corrected chi connectivity index (χ1v) is 13.4. The summed E-state index contributed by atoms with van der Waals surface area (Å²) in [5.41, 5.74) is 1.93. The van der Waals surface area contributed by atoms with Gasteiger partial charge < -0.3 is 5.32 Å². The summed E-state index contributed by atoms with van der Waals surface area (Å²) < 4.78 is 17.7. The molecule has 2 aliphatic rings. The number of H-pyrrole nitrogens is 1. The number of nitrogens with one attached hydrogen (secondary N) is 3. The van der Waals surface area contributed by atoms with E-state index in [4.69, 9.17) is 0 Å². The van der Waals surface area contributed by atoms with E-state index in [2.05, 4.69) is 34.1 Å². The second-order valence-corrected chi connectivity index (χ2v) is 11.6. The molecule has 2 aromatic rings. The lowest BCUT2D eigenvalue weighted by molar-refractivity contribution is -0.130. The summed E-state index contributed by atoms with van der Waals surface area (Å²) in [4.78, 5) is 22.4. The molecule has 1 saturated carbocycles. The molecule has 2 heterocycles. The summed E-state index contributed by atoms with van der Waals surface area (Å²) in [7, 11) is 0. The topological polar surface area (TPSA) is 86.9 Å². The molecule has 0 spiro atoms. The van der Waals surface area contributed by atoms with Gasteiger partial charge in [0.2, 0.25) is 0 Å². The molecule has 3 atom stereocenters. The minimum absolute atomic E-state index is 0.0696. The third-order valence-corrected chi connectivity index (χ3v) is 8.39. The highest BCUT2D eigenvalue weighted by Crippen LogP contribution is 2.42. The van der Waals surface area contributed by atoms with Gasteiger partial charge in [-0.1, -0.05) is 34.1 Å². The summed E-state index contributed by atoms with van der Waals surface area (Å²) in [5, 5.41) is 10.7. The van der Waals surface area contributed by atoms with E-state index >= 15 is 0 Å². The molecule has 0 saturated heterocycles. The zero-order valence-electron chi connectivity index (χ0n) is 21.8. The van der Waals surface area contributed by atoms with Crippen LogP contribution in [0.15, 0.2) is 23.1 Å². The third-order valence-electron chi connectivity index (χ3n) is 7.50. The van der Waals surface area contributed by atoms with E-state index in [1.807, 2.05) is 12.1 Å². The SMILES string of the molecule is CC(=O)CC(C)(C)C(C)=O.CCC(C)C1CCC(c2cc(Nc3ccc4c(c3F)CNS4)n[nH]2)C1. The van der Waals surface area contributed by atoms with Crippen molar-refractivity contribution in [3.8, 4) is 0 Å². The maximum Gasteiger partial charge on any atom is 0.152 e. The van der Waals surface area contributed by atoms with Crippen LogP contribution in [0.25, 0.3) is 0 Å². The van der Waals surface area contributed by atoms with Gasteiger partial charge in [0.15, 0.2) is 11.6 Å². The molecule has 1 aromatic carbocycles. The van der Waals surface area contributed by atoms with Gasteiger partial charge in [-0.25, -0.2) is 4.39 Å². The number of aromatic amines is 1. The van der Waals surface area contributed by atoms with E-state index in [9.17, 15) is 14.0 Å². The number of ketones is 2. The third kappa shape index (κ3) is 6.94. The van der Waals surface area contributed by atoms with Crippen molar-refractivity contribution in [3.05, 3.63) is 35.3 Å². The number of anilines is 2. The summed E-state index contributed by atoms with van der Waals surface area (Å²) in [6.07, 6.45) is 5.34. The maximum absolute atomic E-state index is 14.6. The van der Waals surface area contributed by atoms with E-state index < -0.39 is 5.41 Å². The number of aromatic nitrogens is 2. The quantitative estimate of drug-likeness (QED) is 0.340. The van der Waals surface area contributed by atoms with Crippen LogP contribution in [0.4, 0.5) is 15.9 Å². The second-order valence-electron chi connectivity index (χ2n) is 10.6. The number of halogens is 1. The Balaban J connectivity index is 0.000000292. The monoisotopic (exact) mass is 502 g/mol. The van der Waals surface area contributed by atoms with Gasteiger partial charge in [-0.15, -0.1) is 0 Å². The number of carbonyl (C=O) groups is 2. The Morgan fingerprint density at radius 2 is 2.03 bits per heavy atom. The molecule has 6 nitrogen and oxygen atoms in total. The van der Waals surface area contributed by atoms with Crippen molar-refractivity contribution < 1.29 is 14.0 Å². The van der Waals surface area contributed by atoms with Crippen molar-refractivity contribution in [1.82, 2.24) is 14.9 Å². The summed E-state index contributed by atoms with van der Waals surface area (Å²) >= 11 is 1.48. The lowest BCUT2D eigenvalue weighted by atomic mass is 9.84. The van der Waals surface area contributed by atoms with E-state index in [-0.39, 0.29) is 17.4 Å². The normalized spacial score (nSPS) is 20.1. The van der Waals surface area contributed by atoms with E-state index in [1.165, 1.54) is 57.2 Å². The number of benzene rings is 1. The lowest BCUT2D eigenvalue weighted by Gasteiger charge is -2.18. The molecular formula is C27H39FN4O2S. The summed E-state index contributed by atoms with van der Waals surface area (Å²) in [6, 6.07) is 5.78. The van der Waals surface area contributed by atoms with E-state index in [0.29, 0.717) is 30.4 Å². The van der Waals surface area contributed by atoms with Gasteiger partial charge in [-0.05, 0) is 69.0 Å². The molecule has 0 bridgehead atoms. The maximum atomic E-state index is 14.6. The first-order valence-electron chi connectivity index (χ1n) is 12.6. The predicted molar refractivity (Wildman–Crippen MR) is 140 cm³/mol. The number of carbonyl (C=O) groups excluding carboxylic acids is 2. The van der Waals surface area contributed by atoms with Crippen LogP contribution >= 0.6 is 11.9 Å². The molecule has 192 valence electrons. The Kier molecular flexibility index (Phi) is 9.16. The average molecular weight is 503 g/mol. The number of nitrogens with zero attached hydrogens (tertiary/aromatic N) is 1. The van der Waals surface area contributed by atoms with Crippen LogP contribution in [0.3, 0.4) is 0 Å². The largest absolute Gasteiger partial charge is 0.336 e. The Bertz CT molecular complexity index is 1050. The van der Waals surface area contributed by atoms with Gasteiger partial charge in [0.05, 0.1) is 5.69 Å². The minimum Gasteiger partial charge on any atom is -0.336 e. The zero-order chi connectivity index (χ0) is 25.8. The molecule has 4 rings (SSSR count). The molecule has 1 aliphatic heterocycles. The minimum atomic E-state index is -0.466. The molecule has 1 fully saturated rings. The molecule has 3 unspecified atom stereocenters. The van der Waals surface area contributed by atoms with E-state index in [1.54, 1.807) is 19.9 Å². The molecule has 3 N–H and O–H groups in total. The van der Waals surface area contributed by atoms with Crippen LogP contribution in [0.2, 0.25) is 0 Å². The molecular weight excluding hydrogens is 463 g/mol. The van der Waals surface area contributed by atoms with Crippen LogP contribution in [-0.2, 0) is 16.1 Å². The van der Waals surface area contributed by atoms with Crippen molar-refractivity contribution in [2.24, 2.45) is 17.3 Å². The van der Waals surface area contributed by atoms with Crippen molar-refractivity contribution >= 4 is 35.0 Å². The average Bonchev–Trinajstić information content (AvgIpc) is 3.55. The lowest BCUT2D eigenvalue weighted by Crippen LogP contribution is -2.23. The van der Waals surface area contributed by atoms with Gasteiger partial charge in [-0.3, -0.25) is 19.4 Å². The number of rotatable bonds is 8. The number of hydrogen-bond donors (Lipinski definition) is 3. The number of hydrogen-bond acceptors (Lipinski definition) is 6. The molecule has 1 aliphatic carbocycles. The fourth-order valence-electron chi connectivity index (χ4n) is 4.79. The molecule has 0 amide bonds. The molecule has 1 aromatic heterocycles. The van der Waals surface area contributed by atoms with Gasteiger partial charge in [0.1, 0.15) is 11.6 Å². The predicted octanol–water partition coefficient (Wildman–Crippen LogP) is 6.91. The zero-order valence-corrected chi connectivity index (χ0v) is 22.6. The van der Waals surface area contributed by atoms with Crippen LogP contribution in [-0.4, -0.2) is 21.8 Å². The van der Waals surface area contributed by atoms with E-state index in [0.717, 1.165) is 22.3 Å². The van der Waals surface area contributed by atoms with Crippen molar-refractivity contribution in [2.75, 3.05) is 5.32 Å². The highest BCUT2D eigenvalue weighted by atomic mass is 32.2. The first-order chi connectivity index (χ1) is 16.5. The van der Waals surface area contributed by atoms with Gasteiger partial charge in [-0.2, -0.15) is 5.10 Å². The summed E-state index contributed by atoms with van der Waals surface area (Å²) in [5.74, 6) is 2.80. The summed E-state index contributed by atoms with van der Waals surface area (Å²) in [6.45, 7) is 11.8. The van der Waals surface area contributed by atoms with Gasteiger partial charge in [0, 0.05) is 46.5 Å². The Labute approximate surface area is 212 Å². The van der Waals surface area contributed by atoms with Gasteiger partial charge >= 0.3 is 0 Å². The Morgan fingerprint density at radius 3 is 2.66 bits per heavy atom. The second kappa shape index (κ2) is 11.7. The first kappa shape index (κ1) is 27.4. The number of fused-ring (bicyclic) bond motifs is 1. The van der Waals surface area contributed by atoms with Gasteiger partial charge in [0.25, 0.3) is 0 Å². The Morgan fingerprint density at radius 1 is 1.29 bits per heavy atom. The molecule has 35 heavy (non-hydrogen) atoms. The van der Waals surface area contributed by atoms with Crippen LogP contribution < -0.4 is 10.0 Å². The van der Waals surface area contributed by atoms with Crippen molar-refractivity contribution in [1.29, 1.82) is 0 Å². The Hall–Kier alpha value is -2.19. The number of Topliss-reactive ketones (excluding diaryl/α,β-unsaturated/α-hetero) is 2. The fraction of sp³-hybridized carbons (Fsp3) is 0.593. The molecule has 0 radical (unpaired) electrons. The highest BCUT2D eigenvalue weighted by Gasteiger charge is 2.30. The molecule has 8 heteroatoms. The van der Waals surface area contributed by atoms with Crippen molar-refractivity contribution in [2.45, 2.75) is 91.0 Å². The fourth-order valence-corrected chi connectivity index (χ4v) is 5.58. The van der Waals surface area contributed by atoms with Crippen LogP contribution in [0.1, 0.15) is 90.8 Å². The smallest absolute Gasteiger partial charge is 0.152 e. The van der Waals surface area contributed by atoms with Crippen molar-refractivity contribution in [3.63, 3.8) is 0 Å².